The Hall–Kier alpha value is -6.84. The molecule has 0 saturated heterocycles. The van der Waals surface area contributed by atoms with Crippen LogP contribution in [0.2, 0.25) is 0 Å². The van der Waals surface area contributed by atoms with Crippen molar-refractivity contribution in [3.8, 4) is 27.9 Å². The number of hydrogen-bond acceptors (Lipinski definition) is 2. The monoisotopic (exact) mass is 652 g/mol. The van der Waals surface area contributed by atoms with Gasteiger partial charge < -0.3 is 13.9 Å². The topological polar surface area (TPSA) is 21.3 Å². The molecule has 0 aliphatic carbocycles. The van der Waals surface area contributed by atoms with E-state index in [1.807, 2.05) is 0 Å². The third-order valence-corrected chi connectivity index (χ3v) is 10.00. The molecule has 0 radical (unpaired) electrons. The third kappa shape index (κ3) is 4.90. The average molecular weight is 653 g/mol. The van der Waals surface area contributed by atoms with E-state index in [2.05, 4.69) is 204 Å². The number of benzene rings is 8. The van der Waals surface area contributed by atoms with Crippen LogP contribution >= 0.6 is 0 Å². The lowest BCUT2D eigenvalue weighted by atomic mass is 10.0. The van der Waals surface area contributed by atoms with Crippen molar-refractivity contribution < 1.29 is 4.42 Å². The highest BCUT2D eigenvalue weighted by atomic mass is 16.3. The highest BCUT2D eigenvalue weighted by Crippen LogP contribution is 2.43. The number of aromatic nitrogens is 1. The van der Waals surface area contributed by atoms with E-state index in [0.29, 0.717) is 0 Å². The predicted molar refractivity (Wildman–Crippen MR) is 214 cm³/mol. The average Bonchev–Trinajstić information content (AvgIpc) is 3.75. The zero-order valence-electron chi connectivity index (χ0n) is 27.8. The molecule has 0 unspecified atom stereocenters. The van der Waals surface area contributed by atoms with Gasteiger partial charge in [0, 0.05) is 45.0 Å². The molecule has 0 bridgehead atoms. The standard InChI is InChI=1S/C48H32N2O/c1-4-12-33(13-5-1)35-20-24-38(25-21-35)49(39-26-22-36(23-27-39)34-14-6-2-7-15-34)40-28-29-41-42-30-31-45-47(48(42)51-46(41)32-40)43-18-10-11-19-44(43)50(45)37-16-8-3-9-17-37/h1-32H. The number of para-hydroxylation sites is 2. The minimum atomic E-state index is 0.860. The van der Waals surface area contributed by atoms with Crippen LogP contribution < -0.4 is 4.90 Å². The van der Waals surface area contributed by atoms with Gasteiger partial charge in [-0.25, -0.2) is 0 Å². The van der Waals surface area contributed by atoms with Crippen LogP contribution in [0, 0.1) is 0 Å². The Labute approximate surface area is 295 Å². The molecule has 0 saturated carbocycles. The molecular formula is C48H32N2O. The van der Waals surface area contributed by atoms with E-state index in [-0.39, 0.29) is 0 Å². The Morgan fingerprint density at radius 2 is 0.882 bits per heavy atom. The van der Waals surface area contributed by atoms with Gasteiger partial charge in [0.25, 0.3) is 0 Å². The summed E-state index contributed by atoms with van der Waals surface area (Å²) < 4.78 is 9.24. The van der Waals surface area contributed by atoms with Crippen molar-refractivity contribution in [1.29, 1.82) is 0 Å². The summed E-state index contributed by atoms with van der Waals surface area (Å²) in [4.78, 5) is 2.31. The number of anilines is 3. The van der Waals surface area contributed by atoms with Crippen molar-refractivity contribution in [3.63, 3.8) is 0 Å². The molecule has 0 aliphatic heterocycles. The summed E-state index contributed by atoms with van der Waals surface area (Å²) in [6, 6.07) is 68.9. The molecule has 2 heterocycles. The van der Waals surface area contributed by atoms with Crippen molar-refractivity contribution in [2.75, 3.05) is 4.90 Å². The molecule has 8 aromatic carbocycles. The van der Waals surface area contributed by atoms with Crippen molar-refractivity contribution in [2.24, 2.45) is 0 Å². The summed E-state index contributed by atoms with van der Waals surface area (Å²) in [5.74, 6) is 0. The van der Waals surface area contributed by atoms with Gasteiger partial charge in [0.2, 0.25) is 0 Å². The Kier molecular flexibility index (Phi) is 6.81. The van der Waals surface area contributed by atoms with E-state index in [9.17, 15) is 0 Å². The number of nitrogens with zero attached hydrogens (tertiary/aromatic N) is 2. The smallest absolute Gasteiger partial charge is 0.145 e. The Morgan fingerprint density at radius 3 is 1.51 bits per heavy atom. The fourth-order valence-electron chi connectivity index (χ4n) is 7.58. The van der Waals surface area contributed by atoms with Gasteiger partial charge in [-0.1, -0.05) is 121 Å². The van der Waals surface area contributed by atoms with Crippen LogP contribution in [-0.4, -0.2) is 4.57 Å². The maximum absolute atomic E-state index is 6.90. The maximum atomic E-state index is 6.90. The van der Waals surface area contributed by atoms with Crippen LogP contribution in [0.4, 0.5) is 17.1 Å². The zero-order valence-corrected chi connectivity index (χ0v) is 27.8. The second-order valence-corrected chi connectivity index (χ2v) is 13.0. The Balaban J connectivity index is 1.14. The Morgan fingerprint density at radius 1 is 0.373 bits per heavy atom. The lowest BCUT2D eigenvalue weighted by Gasteiger charge is -2.26. The summed E-state index contributed by atoms with van der Waals surface area (Å²) in [6.07, 6.45) is 0. The summed E-state index contributed by atoms with van der Waals surface area (Å²) >= 11 is 0. The van der Waals surface area contributed by atoms with Gasteiger partial charge in [-0.3, -0.25) is 0 Å². The first-order valence-corrected chi connectivity index (χ1v) is 17.4. The fraction of sp³-hybridized carbons (Fsp3) is 0. The van der Waals surface area contributed by atoms with E-state index >= 15 is 0 Å². The number of hydrogen-bond donors (Lipinski definition) is 0. The van der Waals surface area contributed by atoms with Crippen molar-refractivity contribution >= 4 is 60.8 Å². The van der Waals surface area contributed by atoms with Crippen molar-refractivity contribution in [3.05, 3.63) is 194 Å². The Bertz CT molecular complexity index is 2730. The van der Waals surface area contributed by atoms with Gasteiger partial charge in [0.1, 0.15) is 11.2 Å². The molecule has 0 N–H and O–H groups in total. The van der Waals surface area contributed by atoms with Crippen LogP contribution in [0.5, 0.6) is 0 Å². The highest BCUT2D eigenvalue weighted by molar-refractivity contribution is 6.24. The minimum Gasteiger partial charge on any atom is -0.455 e. The molecule has 10 aromatic rings. The van der Waals surface area contributed by atoms with Crippen LogP contribution in [0.15, 0.2) is 199 Å². The van der Waals surface area contributed by atoms with Gasteiger partial charge in [-0.05, 0) is 89.0 Å². The first kappa shape index (κ1) is 29.1. The zero-order chi connectivity index (χ0) is 33.7. The van der Waals surface area contributed by atoms with Gasteiger partial charge >= 0.3 is 0 Å². The van der Waals surface area contributed by atoms with Crippen LogP contribution in [0.1, 0.15) is 0 Å². The molecule has 0 aliphatic rings. The molecular weight excluding hydrogens is 621 g/mol. The van der Waals surface area contributed by atoms with Crippen molar-refractivity contribution in [2.45, 2.75) is 0 Å². The molecule has 51 heavy (non-hydrogen) atoms. The van der Waals surface area contributed by atoms with Crippen LogP contribution in [0.25, 0.3) is 71.7 Å². The minimum absolute atomic E-state index is 0.860. The molecule has 0 fully saturated rings. The maximum Gasteiger partial charge on any atom is 0.145 e. The predicted octanol–water partition coefficient (Wildman–Crippen LogP) is 13.5. The van der Waals surface area contributed by atoms with Gasteiger partial charge in [-0.15, -0.1) is 0 Å². The second-order valence-electron chi connectivity index (χ2n) is 13.0. The molecule has 3 nitrogen and oxygen atoms in total. The van der Waals surface area contributed by atoms with Crippen LogP contribution in [0.3, 0.4) is 0 Å². The molecule has 2 aromatic heterocycles. The molecule has 0 amide bonds. The normalized spacial score (nSPS) is 11.5. The summed E-state index contributed by atoms with van der Waals surface area (Å²) in [5, 5.41) is 4.53. The lowest BCUT2D eigenvalue weighted by molar-refractivity contribution is 0.673. The third-order valence-electron chi connectivity index (χ3n) is 10.00. The molecule has 3 heteroatoms. The SMILES string of the molecule is c1ccc(-c2ccc(N(c3ccc(-c4ccccc4)cc3)c3ccc4c(c3)oc3c4ccc4c3c3ccccc3n4-c3ccccc3)cc2)cc1. The molecule has 240 valence electrons. The van der Waals surface area contributed by atoms with Gasteiger partial charge in [0.05, 0.1) is 16.4 Å². The van der Waals surface area contributed by atoms with Crippen LogP contribution in [-0.2, 0) is 0 Å². The lowest BCUT2D eigenvalue weighted by Crippen LogP contribution is -2.09. The van der Waals surface area contributed by atoms with E-state index in [1.165, 1.54) is 27.6 Å². The fourth-order valence-corrected chi connectivity index (χ4v) is 7.58. The summed E-state index contributed by atoms with van der Waals surface area (Å²) in [6.45, 7) is 0. The van der Waals surface area contributed by atoms with E-state index in [0.717, 1.165) is 61.1 Å². The first-order chi connectivity index (χ1) is 25.3. The highest BCUT2D eigenvalue weighted by Gasteiger charge is 2.20. The number of rotatable bonds is 6. The first-order valence-electron chi connectivity index (χ1n) is 17.4. The van der Waals surface area contributed by atoms with E-state index in [4.69, 9.17) is 4.42 Å². The molecule has 10 rings (SSSR count). The molecule has 0 spiro atoms. The van der Waals surface area contributed by atoms with E-state index in [1.54, 1.807) is 0 Å². The van der Waals surface area contributed by atoms with Crippen molar-refractivity contribution in [1.82, 2.24) is 4.57 Å². The summed E-state index contributed by atoms with van der Waals surface area (Å²) in [7, 11) is 0. The molecule has 0 atom stereocenters. The number of furan rings is 1. The van der Waals surface area contributed by atoms with Gasteiger partial charge in [0.15, 0.2) is 0 Å². The van der Waals surface area contributed by atoms with E-state index < -0.39 is 0 Å². The largest absolute Gasteiger partial charge is 0.455 e. The number of fused-ring (bicyclic) bond motifs is 7. The summed E-state index contributed by atoms with van der Waals surface area (Å²) in [5.41, 5.74) is 13.2. The van der Waals surface area contributed by atoms with Gasteiger partial charge in [-0.2, -0.15) is 0 Å². The quantitative estimate of drug-likeness (QED) is 0.178. The second kappa shape index (κ2) is 11.9.